The number of amides is 1. The van der Waals surface area contributed by atoms with E-state index < -0.39 is 0 Å². The maximum Gasteiger partial charge on any atom is 0.264 e. The summed E-state index contributed by atoms with van der Waals surface area (Å²) in [5, 5.41) is 1.06. The number of carbonyl (C=O) groups excluding carboxylic acids is 1. The number of carbonyl (C=O) groups is 1. The number of benzene rings is 1. The Morgan fingerprint density at radius 3 is 2.89 bits per heavy atom. The summed E-state index contributed by atoms with van der Waals surface area (Å²) in [6, 6.07) is 10.2. The van der Waals surface area contributed by atoms with E-state index in [1.54, 1.807) is 11.3 Å². The lowest BCUT2D eigenvalue weighted by Crippen LogP contribution is -2.53. The Labute approximate surface area is 163 Å². The molecule has 3 aliphatic rings. The van der Waals surface area contributed by atoms with Crippen molar-refractivity contribution in [1.82, 2.24) is 4.90 Å². The van der Waals surface area contributed by atoms with Crippen LogP contribution in [-0.4, -0.2) is 35.5 Å². The van der Waals surface area contributed by atoms with Crippen molar-refractivity contribution in [2.75, 3.05) is 18.0 Å². The van der Waals surface area contributed by atoms with E-state index >= 15 is 0 Å². The van der Waals surface area contributed by atoms with Crippen LogP contribution in [0.1, 0.15) is 46.6 Å². The van der Waals surface area contributed by atoms with Gasteiger partial charge in [0, 0.05) is 24.4 Å². The third-order valence-corrected chi connectivity index (χ3v) is 6.66. The second kappa shape index (κ2) is 6.17. The molecule has 3 aliphatic heterocycles. The predicted octanol–water partition coefficient (Wildman–Crippen LogP) is 3.82. The van der Waals surface area contributed by atoms with Crippen LogP contribution in [0.4, 0.5) is 5.00 Å². The van der Waals surface area contributed by atoms with E-state index in [2.05, 4.69) is 30.9 Å². The van der Waals surface area contributed by atoms with Crippen LogP contribution in [0.25, 0.3) is 0 Å². The van der Waals surface area contributed by atoms with E-state index in [9.17, 15) is 4.79 Å². The summed E-state index contributed by atoms with van der Waals surface area (Å²) in [5.74, 6) is 0.891. The van der Waals surface area contributed by atoms with Crippen molar-refractivity contribution in [2.24, 2.45) is 4.99 Å². The molecule has 1 aromatic heterocycles. The molecule has 0 saturated heterocycles. The summed E-state index contributed by atoms with van der Waals surface area (Å²) in [7, 11) is 0. The number of nitrogens with zero attached hydrogens (tertiary/aromatic N) is 3. The molecule has 1 aromatic carbocycles. The number of guanidine groups is 1. The fraction of sp³-hybridized carbons (Fsp3) is 0.429. The van der Waals surface area contributed by atoms with Gasteiger partial charge in [-0.2, -0.15) is 0 Å². The molecule has 6 heteroatoms. The Kier molecular flexibility index (Phi) is 3.88. The van der Waals surface area contributed by atoms with Crippen LogP contribution in [0.15, 0.2) is 35.3 Å². The first-order valence-electron chi connectivity index (χ1n) is 9.50. The van der Waals surface area contributed by atoms with Gasteiger partial charge >= 0.3 is 0 Å². The largest absolute Gasteiger partial charge is 0.370 e. The second-order valence-electron chi connectivity index (χ2n) is 7.97. The van der Waals surface area contributed by atoms with Gasteiger partial charge in [0.1, 0.15) is 5.00 Å². The van der Waals surface area contributed by atoms with Gasteiger partial charge in [-0.1, -0.05) is 30.3 Å². The topological polar surface area (TPSA) is 45.1 Å². The first-order valence-corrected chi connectivity index (χ1v) is 10.3. The summed E-state index contributed by atoms with van der Waals surface area (Å²) >= 11 is 1.71. The van der Waals surface area contributed by atoms with Gasteiger partial charge in [-0.3, -0.25) is 14.7 Å². The van der Waals surface area contributed by atoms with Gasteiger partial charge in [-0.15, -0.1) is 11.3 Å². The molecule has 1 amide bonds. The van der Waals surface area contributed by atoms with Gasteiger partial charge in [0.15, 0.2) is 0 Å². The van der Waals surface area contributed by atoms with Crippen LogP contribution < -0.4 is 4.90 Å². The normalized spacial score (nSPS) is 20.7. The summed E-state index contributed by atoms with van der Waals surface area (Å²) in [5.41, 5.74) is 2.94. The molecule has 0 aliphatic carbocycles. The molecule has 5 rings (SSSR count). The number of aliphatic imine (C=N–C) groups is 1. The van der Waals surface area contributed by atoms with Gasteiger partial charge in [0.05, 0.1) is 24.3 Å². The molecule has 0 bridgehead atoms. The van der Waals surface area contributed by atoms with Crippen LogP contribution in [-0.2, 0) is 24.3 Å². The predicted molar refractivity (Wildman–Crippen MR) is 107 cm³/mol. The zero-order valence-electron chi connectivity index (χ0n) is 15.7. The Morgan fingerprint density at radius 1 is 1.26 bits per heavy atom. The molecule has 2 aromatic rings. The number of anilines is 1. The average molecular weight is 382 g/mol. The van der Waals surface area contributed by atoms with Gasteiger partial charge in [0.2, 0.25) is 5.96 Å². The molecule has 0 fully saturated rings. The number of fused-ring (bicyclic) bond motifs is 5. The minimum absolute atomic E-state index is 0.0842. The van der Waals surface area contributed by atoms with Crippen molar-refractivity contribution >= 4 is 28.2 Å². The highest BCUT2D eigenvalue weighted by Crippen LogP contribution is 2.45. The molecular formula is C21H23N3O2S. The third kappa shape index (κ3) is 2.78. The molecular weight excluding hydrogens is 358 g/mol. The van der Waals surface area contributed by atoms with Crippen molar-refractivity contribution < 1.29 is 9.53 Å². The molecule has 27 heavy (non-hydrogen) atoms. The van der Waals surface area contributed by atoms with Crippen LogP contribution in [0.5, 0.6) is 0 Å². The molecule has 0 radical (unpaired) electrons. The average Bonchev–Trinajstić information content (AvgIpc) is 3.04. The maximum atomic E-state index is 13.6. The number of rotatable bonds is 2. The zero-order valence-corrected chi connectivity index (χ0v) is 16.5. The maximum absolute atomic E-state index is 13.6. The lowest BCUT2D eigenvalue weighted by atomic mass is 9.92. The van der Waals surface area contributed by atoms with Gasteiger partial charge < -0.3 is 9.64 Å². The molecule has 140 valence electrons. The Morgan fingerprint density at radius 2 is 2.07 bits per heavy atom. The van der Waals surface area contributed by atoms with E-state index in [4.69, 9.17) is 9.73 Å². The highest BCUT2D eigenvalue weighted by atomic mass is 32.1. The first kappa shape index (κ1) is 17.0. The minimum Gasteiger partial charge on any atom is -0.370 e. The number of hydrogen-bond donors (Lipinski definition) is 0. The minimum atomic E-state index is -0.233. The van der Waals surface area contributed by atoms with Crippen molar-refractivity contribution in [1.29, 1.82) is 0 Å². The molecule has 0 N–H and O–H groups in total. The monoisotopic (exact) mass is 381 g/mol. The highest BCUT2D eigenvalue weighted by Gasteiger charge is 2.42. The van der Waals surface area contributed by atoms with E-state index in [0.29, 0.717) is 13.2 Å². The van der Waals surface area contributed by atoms with Crippen molar-refractivity contribution in [3.8, 4) is 0 Å². The van der Waals surface area contributed by atoms with Crippen LogP contribution >= 0.6 is 11.3 Å². The molecule has 0 saturated carbocycles. The fourth-order valence-corrected chi connectivity index (χ4v) is 5.34. The lowest BCUT2D eigenvalue weighted by molar-refractivity contribution is -0.0384. The van der Waals surface area contributed by atoms with E-state index in [0.717, 1.165) is 48.0 Å². The summed E-state index contributed by atoms with van der Waals surface area (Å²) < 4.78 is 6.00. The highest BCUT2D eigenvalue weighted by molar-refractivity contribution is 7.17. The third-order valence-electron chi connectivity index (χ3n) is 5.43. The summed E-state index contributed by atoms with van der Waals surface area (Å²) in [4.78, 5) is 23.7. The van der Waals surface area contributed by atoms with Crippen molar-refractivity contribution in [2.45, 2.75) is 45.4 Å². The van der Waals surface area contributed by atoms with Crippen molar-refractivity contribution in [3.05, 3.63) is 51.9 Å². The number of ether oxygens (including phenoxy) is 1. The Hall–Kier alpha value is -2.18. The lowest BCUT2D eigenvalue weighted by Gasteiger charge is -2.39. The summed E-state index contributed by atoms with van der Waals surface area (Å²) in [6.45, 7) is 7.03. The van der Waals surface area contributed by atoms with Crippen LogP contribution in [0.3, 0.4) is 0 Å². The SMILES string of the molecule is CC1(C)Cc2c(sc3c2C(=O)N(Cc2ccccc2)C2=NCCCN23)CO1. The summed E-state index contributed by atoms with van der Waals surface area (Å²) in [6.07, 6.45) is 1.79. The second-order valence-corrected chi connectivity index (χ2v) is 9.06. The molecule has 4 heterocycles. The Balaban J connectivity index is 1.61. The van der Waals surface area contributed by atoms with Gasteiger partial charge in [-0.25, -0.2) is 0 Å². The van der Waals surface area contributed by atoms with Gasteiger partial charge in [-0.05, 0) is 31.4 Å². The molecule has 5 nitrogen and oxygen atoms in total. The fourth-order valence-electron chi connectivity index (χ4n) is 4.10. The van der Waals surface area contributed by atoms with E-state index in [1.165, 1.54) is 10.4 Å². The van der Waals surface area contributed by atoms with Crippen molar-refractivity contribution in [3.63, 3.8) is 0 Å². The molecule has 0 atom stereocenters. The van der Waals surface area contributed by atoms with Gasteiger partial charge in [0.25, 0.3) is 5.91 Å². The Bertz CT molecular complexity index is 932. The van der Waals surface area contributed by atoms with E-state index in [-0.39, 0.29) is 11.5 Å². The zero-order chi connectivity index (χ0) is 18.6. The van der Waals surface area contributed by atoms with Crippen LogP contribution in [0.2, 0.25) is 0 Å². The number of thiophene rings is 1. The standard InChI is InChI=1S/C21H23N3O2S/c1-21(2)11-15-16(13-26-21)27-19-17(15)18(25)24(12-14-7-4-3-5-8-14)20-22-9-6-10-23(19)20/h3-5,7-8H,6,9-13H2,1-2H3. The van der Waals surface area contributed by atoms with Crippen LogP contribution in [0, 0.1) is 0 Å². The first-order chi connectivity index (χ1) is 13.0. The smallest absolute Gasteiger partial charge is 0.264 e. The van der Waals surface area contributed by atoms with E-state index in [1.807, 2.05) is 23.1 Å². The molecule has 0 unspecified atom stereocenters. The number of hydrogen-bond acceptors (Lipinski definition) is 5. The quantitative estimate of drug-likeness (QED) is 0.794. The molecule has 0 spiro atoms.